The zero-order valence-electron chi connectivity index (χ0n) is 17.2. The molecule has 3 heteroatoms. The van der Waals surface area contributed by atoms with Crippen molar-refractivity contribution < 1.29 is 9.47 Å². The fraction of sp³-hybridized carbons (Fsp3) is 0.417. The van der Waals surface area contributed by atoms with Gasteiger partial charge in [0.2, 0.25) is 0 Å². The van der Waals surface area contributed by atoms with Crippen LogP contribution in [0.2, 0.25) is 18.1 Å². The zero-order valence-corrected chi connectivity index (χ0v) is 18.2. The molecule has 0 aromatic heterocycles. The van der Waals surface area contributed by atoms with Gasteiger partial charge < -0.3 is 9.47 Å². The molecule has 1 saturated heterocycles. The van der Waals surface area contributed by atoms with E-state index in [9.17, 15) is 0 Å². The van der Waals surface area contributed by atoms with E-state index in [-0.39, 0.29) is 12.2 Å². The van der Waals surface area contributed by atoms with Gasteiger partial charge in [0, 0.05) is 0 Å². The molecule has 2 unspecified atom stereocenters. The minimum Gasteiger partial charge on any atom is -0.369 e. The highest BCUT2D eigenvalue weighted by Gasteiger charge is 2.54. The minimum absolute atomic E-state index is 0.0987. The second-order valence-electron chi connectivity index (χ2n) is 8.99. The Labute approximate surface area is 164 Å². The average molecular weight is 381 g/mol. The minimum atomic E-state index is -1.49. The van der Waals surface area contributed by atoms with Crippen molar-refractivity contribution in [2.75, 3.05) is 6.61 Å². The van der Waals surface area contributed by atoms with E-state index < -0.39 is 8.07 Å². The maximum atomic E-state index is 6.10. The Kier molecular flexibility index (Phi) is 5.75. The number of rotatable bonds is 7. The van der Waals surface area contributed by atoms with E-state index in [2.05, 4.69) is 95.1 Å². The molecule has 3 rings (SSSR count). The lowest BCUT2D eigenvalue weighted by Gasteiger charge is -2.35. The van der Waals surface area contributed by atoms with Crippen LogP contribution >= 0.6 is 0 Å². The van der Waals surface area contributed by atoms with Gasteiger partial charge in [0.1, 0.15) is 6.10 Å². The summed E-state index contributed by atoms with van der Waals surface area (Å²) in [5.41, 5.74) is 1.58. The van der Waals surface area contributed by atoms with Gasteiger partial charge in [0.25, 0.3) is 0 Å². The van der Waals surface area contributed by atoms with Gasteiger partial charge in [-0.05, 0) is 21.4 Å². The van der Waals surface area contributed by atoms with Crippen LogP contribution in [0, 0.1) is 0 Å². The summed E-state index contributed by atoms with van der Waals surface area (Å²) in [6, 6.07) is 14.9. The fourth-order valence-corrected chi connectivity index (χ4v) is 5.69. The third kappa shape index (κ3) is 4.26. The molecular weight excluding hydrogens is 348 g/mol. The van der Waals surface area contributed by atoms with Crippen LogP contribution in [0.25, 0.3) is 10.8 Å². The lowest BCUT2D eigenvalue weighted by atomic mass is 10.00. The predicted molar refractivity (Wildman–Crippen MR) is 118 cm³/mol. The molecule has 0 amide bonds. The Bertz CT molecular complexity index is 826. The highest BCUT2D eigenvalue weighted by molar-refractivity contribution is 6.82. The van der Waals surface area contributed by atoms with Gasteiger partial charge in [-0.3, -0.25) is 0 Å². The van der Waals surface area contributed by atoms with E-state index in [0.29, 0.717) is 17.4 Å². The Morgan fingerprint density at radius 1 is 1.15 bits per heavy atom. The molecule has 27 heavy (non-hydrogen) atoms. The van der Waals surface area contributed by atoms with Crippen LogP contribution in [0.5, 0.6) is 0 Å². The largest absolute Gasteiger partial charge is 0.369 e. The standard InChI is InChI=1S/C24H32O2Si/c1-7-17-25-21(20-14-10-12-18-11-8-9-13-19(18)20)15-16-22-23(26-22)27(5,6)24(2,3)4/h7-16,21-23H,1,17H2,2-6H3/b16-15+/t21-,22?,23?/m0/s1. The topological polar surface area (TPSA) is 21.8 Å². The van der Waals surface area contributed by atoms with Gasteiger partial charge in [0.15, 0.2) is 0 Å². The second kappa shape index (κ2) is 7.74. The summed E-state index contributed by atoms with van der Waals surface area (Å²) < 4.78 is 12.2. The maximum absolute atomic E-state index is 6.10. The van der Waals surface area contributed by atoms with Crippen molar-refractivity contribution in [2.24, 2.45) is 0 Å². The molecule has 2 nitrogen and oxygen atoms in total. The van der Waals surface area contributed by atoms with Crippen molar-refractivity contribution in [3.63, 3.8) is 0 Å². The van der Waals surface area contributed by atoms with Crippen molar-refractivity contribution in [1.82, 2.24) is 0 Å². The Morgan fingerprint density at radius 3 is 2.56 bits per heavy atom. The Morgan fingerprint density at radius 2 is 1.85 bits per heavy atom. The summed E-state index contributed by atoms with van der Waals surface area (Å²) in [6.45, 7) is 16.2. The molecule has 2 aromatic carbocycles. The first-order valence-corrected chi connectivity index (χ1v) is 12.9. The predicted octanol–water partition coefficient (Wildman–Crippen LogP) is 6.45. The van der Waals surface area contributed by atoms with Crippen LogP contribution in [0.15, 0.2) is 67.3 Å². The first-order valence-electron chi connectivity index (χ1n) is 9.79. The Hall–Kier alpha value is -1.68. The lowest BCUT2D eigenvalue weighted by Crippen LogP contribution is -2.44. The number of ether oxygens (including phenoxy) is 2. The van der Waals surface area contributed by atoms with Crippen LogP contribution in [0.4, 0.5) is 0 Å². The molecule has 1 heterocycles. The number of epoxide rings is 1. The van der Waals surface area contributed by atoms with Crippen molar-refractivity contribution >= 4 is 18.8 Å². The third-order valence-corrected chi connectivity index (χ3v) is 11.9. The number of fused-ring (bicyclic) bond motifs is 1. The average Bonchev–Trinajstić information content (AvgIpc) is 3.41. The van der Waals surface area contributed by atoms with Crippen LogP contribution in [0.3, 0.4) is 0 Å². The summed E-state index contributed by atoms with van der Waals surface area (Å²) in [4.78, 5) is 0. The number of benzene rings is 2. The highest BCUT2D eigenvalue weighted by Crippen LogP contribution is 2.46. The van der Waals surface area contributed by atoms with Gasteiger partial charge >= 0.3 is 0 Å². The normalized spacial score (nSPS) is 21.5. The molecule has 1 aliphatic rings. The first kappa shape index (κ1) is 20.1. The Balaban J connectivity index is 1.83. The van der Waals surface area contributed by atoms with E-state index in [1.165, 1.54) is 16.3 Å². The van der Waals surface area contributed by atoms with Crippen LogP contribution in [-0.2, 0) is 9.47 Å². The summed E-state index contributed by atoms with van der Waals surface area (Å²) in [6.07, 6.45) is 6.30. The van der Waals surface area contributed by atoms with Gasteiger partial charge in [-0.25, -0.2) is 0 Å². The maximum Gasteiger partial charge on any atom is 0.102 e. The summed E-state index contributed by atoms with van der Waals surface area (Å²) >= 11 is 0. The van der Waals surface area contributed by atoms with E-state index in [4.69, 9.17) is 9.47 Å². The highest BCUT2D eigenvalue weighted by atomic mass is 28.3. The van der Waals surface area contributed by atoms with Crippen molar-refractivity contribution in [1.29, 1.82) is 0 Å². The van der Waals surface area contributed by atoms with Gasteiger partial charge in [-0.1, -0.05) is 94.6 Å². The SMILES string of the molecule is C=CCO[C@@H](/C=C/C1OC1[Si](C)(C)C(C)(C)C)c1cccc2ccccc12. The molecule has 144 valence electrons. The molecule has 1 fully saturated rings. The zero-order chi connectivity index (χ0) is 19.7. The molecule has 2 aromatic rings. The molecule has 0 bridgehead atoms. The number of hydrogen-bond acceptors (Lipinski definition) is 2. The quantitative estimate of drug-likeness (QED) is 0.312. The molecule has 1 aliphatic heterocycles. The van der Waals surface area contributed by atoms with Crippen molar-refractivity contribution in [3.8, 4) is 0 Å². The van der Waals surface area contributed by atoms with Gasteiger partial charge in [-0.15, -0.1) is 6.58 Å². The van der Waals surface area contributed by atoms with Crippen molar-refractivity contribution in [3.05, 3.63) is 72.8 Å². The molecule has 3 atom stereocenters. The van der Waals surface area contributed by atoms with E-state index in [1.807, 2.05) is 0 Å². The van der Waals surface area contributed by atoms with Crippen LogP contribution in [-0.4, -0.2) is 26.5 Å². The van der Waals surface area contributed by atoms with Crippen LogP contribution < -0.4 is 0 Å². The van der Waals surface area contributed by atoms with E-state index >= 15 is 0 Å². The van der Waals surface area contributed by atoms with Gasteiger partial charge in [0.05, 0.1) is 26.5 Å². The molecular formula is C24H32O2Si. The molecule has 0 N–H and O–H groups in total. The molecule has 0 aliphatic carbocycles. The van der Waals surface area contributed by atoms with E-state index in [1.54, 1.807) is 6.08 Å². The summed E-state index contributed by atoms with van der Waals surface area (Å²) in [5, 5.41) is 2.79. The monoisotopic (exact) mass is 380 g/mol. The smallest absolute Gasteiger partial charge is 0.102 e. The summed E-state index contributed by atoms with van der Waals surface area (Å²) in [5.74, 6) is 0. The fourth-order valence-electron chi connectivity index (χ4n) is 3.41. The van der Waals surface area contributed by atoms with Crippen LogP contribution in [0.1, 0.15) is 32.4 Å². The number of hydrogen-bond donors (Lipinski definition) is 0. The van der Waals surface area contributed by atoms with Gasteiger partial charge in [-0.2, -0.15) is 0 Å². The second-order valence-corrected chi connectivity index (χ2v) is 14.5. The lowest BCUT2D eigenvalue weighted by molar-refractivity contribution is 0.111. The third-order valence-electron chi connectivity index (χ3n) is 6.17. The van der Waals surface area contributed by atoms with Crippen molar-refractivity contribution in [2.45, 2.75) is 56.8 Å². The molecule has 0 saturated carbocycles. The first-order chi connectivity index (χ1) is 12.8. The van der Waals surface area contributed by atoms with E-state index in [0.717, 1.165) is 0 Å². The molecule has 0 spiro atoms. The molecule has 0 radical (unpaired) electrons. The summed E-state index contributed by atoms with van der Waals surface area (Å²) in [7, 11) is -1.49.